The molecule has 0 saturated heterocycles. The summed E-state index contributed by atoms with van der Waals surface area (Å²) in [6, 6.07) is 4.10. The van der Waals surface area contributed by atoms with Crippen molar-refractivity contribution in [3.05, 3.63) is 28.0 Å². The van der Waals surface area contributed by atoms with Gasteiger partial charge in [-0.3, -0.25) is 0 Å². The molecule has 0 fully saturated rings. The van der Waals surface area contributed by atoms with Crippen molar-refractivity contribution in [1.82, 2.24) is 9.97 Å². The number of fused-ring (bicyclic) bond motifs is 1. The molecule has 2 rings (SSSR count). The number of nitrogens with two attached hydrogens (primary N) is 1. The summed E-state index contributed by atoms with van der Waals surface area (Å²) in [4.78, 5) is 7.94. The molecule has 0 aliphatic carbocycles. The highest BCUT2D eigenvalue weighted by atomic mass is 79.9. The Kier molecular flexibility index (Phi) is 4.37. The van der Waals surface area contributed by atoms with Gasteiger partial charge in [0, 0.05) is 24.0 Å². The normalized spacial score (nSPS) is 13.1. The van der Waals surface area contributed by atoms with Crippen LogP contribution in [0.15, 0.2) is 16.6 Å². The first-order valence-electron chi connectivity index (χ1n) is 6.10. The zero-order valence-corrected chi connectivity index (χ0v) is 12.3. The Morgan fingerprint density at radius 2 is 2.28 bits per heavy atom. The number of rotatable bonds is 5. The predicted molar refractivity (Wildman–Crippen MR) is 76.7 cm³/mol. The van der Waals surface area contributed by atoms with E-state index >= 15 is 0 Å². The van der Waals surface area contributed by atoms with E-state index < -0.39 is 0 Å². The van der Waals surface area contributed by atoms with Gasteiger partial charge >= 0.3 is 0 Å². The van der Waals surface area contributed by atoms with Crippen LogP contribution >= 0.6 is 15.9 Å². The summed E-state index contributed by atoms with van der Waals surface area (Å²) in [6.07, 6.45) is 0.745. The molecule has 3 N–H and O–H groups in total. The van der Waals surface area contributed by atoms with E-state index in [1.807, 2.05) is 13.0 Å². The maximum absolute atomic E-state index is 5.68. The van der Waals surface area contributed by atoms with Crippen molar-refractivity contribution in [2.24, 2.45) is 5.73 Å². The lowest BCUT2D eigenvalue weighted by Gasteiger charge is -2.12. The fraction of sp³-hybridized carbons (Fsp3) is 0.462. The predicted octanol–water partition coefficient (Wildman–Crippen LogP) is 2.54. The molecule has 1 atom stereocenters. The second kappa shape index (κ2) is 5.82. The number of ether oxygens (including phenoxy) is 1. The monoisotopic (exact) mass is 311 g/mol. The Morgan fingerprint density at radius 1 is 1.50 bits per heavy atom. The average molecular weight is 312 g/mol. The first kappa shape index (κ1) is 13.5. The van der Waals surface area contributed by atoms with Gasteiger partial charge in [-0.2, -0.15) is 0 Å². The minimum Gasteiger partial charge on any atom is -0.377 e. The Bertz CT molecular complexity index is 538. The van der Waals surface area contributed by atoms with Crippen molar-refractivity contribution in [2.45, 2.75) is 26.4 Å². The summed E-state index contributed by atoms with van der Waals surface area (Å²) in [5.74, 6) is 0.926. The highest BCUT2D eigenvalue weighted by molar-refractivity contribution is 9.10. The van der Waals surface area contributed by atoms with E-state index in [-0.39, 0.29) is 6.10 Å². The number of aromatic nitrogens is 2. The molecule has 18 heavy (non-hydrogen) atoms. The van der Waals surface area contributed by atoms with Crippen LogP contribution < -0.4 is 5.73 Å². The number of H-pyrrole nitrogens is 1. The lowest BCUT2D eigenvalue weighted by atomic mass is 10.2. The van der Waals surface area contributed by atoms with Crippen molar-refractivity contribution in [3.8, 4) is 0 Å². The van der Waals surface area contributed by atoms with E-state index in [0.717, 1.165) is 33.3 Å². The largest absolute Gasteiger partial charge is 0.377 e. The van der Waals surface area contributed by atoms with Crippen LogP contribution in [0.4, 0.5) is 0 Å². The molecule has 1 heterocycles. The first-order chi connectivity index (χ1) is 8.63. The van der Waals surface area contributed by atoms with Crippen LogP contribution in [0.1, 0.15) is 18.3 Å². The number of aryl methyl sites for hydroxylation is 1. The van der Waals surface area contributed by atoms with E-state index in [1.165, 1.54) is 0 Å². The molecule has 1 unspecified atom stereocenters. The first-order valence-corrected chi connectivity index (χ1v) is 6.89. The van der Waals surface area contributed by atoms with Gasteiger partial charge in [0.1, 0.15) is 5.82 Å². The van der Waals surface area contributed by atoms with Crippen LogP contribution in [0.2, 0.25) is 0 Å². The van der Waals surface area contributed by atoms with E-state index in [1.54, 1.807) is 0 Å². The highest BCUT2D eigenvalue weighted by Crippen LogP contribution is 2.22. The third-order valence-electron chi connectivity index (χ3n) is 2.88. The molecule has 0 spiro atoms. The van der Waals surface area contributed by atoms with Crippen molar-refractivity contribution in [3.63, 3.8) is 0 Å². The van der Waals surface area contributed by atoms with E-state index in [9.17, 15) is 0 Å². The van der Waals surface area contributed by atoms with Gasteiger partial charge in [0.25, 0.3) is 0 Å². The molecule has 1 aromatic carbocycles. The molecule has 0 amide bonds. The van der Waals surface area contributed by atoms with E-state index in [2.05, 4.69) is 38.9 Å². The molecule has 4 nitrogen and oxygen atoms in total. The number of imidazole rings is 1. The van der Waals surface area contributed by atoms with Gasteiger partial charge in [-0.15, -0.1) is 0 Å². The Hall–Kier alpha value is -0.910. The quantitative estimate of drug-likeness (QED) is 0.892. The lowest BCUT2D eigenvalue weighted by molar-refractivity contribution is 0.0682. The second-order valence-corrected chi connectivity index (χ2v) is 5.24. The van der Waals surface area contributed by atoms with Gasteiger partial charge in [0.2, 0.25) is 0 Å². The van der Waals surface area contributed by atoms with Crippen molar-refractivity contribution in [1.29, 1.82) is 0 Å². The highest BCUT2D eigenvalue weighted by Gasteiger charge is 2.12. The lowest BCUT2D eigenvalue weighted by Crippen LogP contribution is -2.26. The molecule has 2 aromatic rings. The minimum absolute atomic E-state index is 0.0271. The molecular formula is C13H18BrN3O. The number of halogens is 1. The van der Waals surface area contributed by atoms with Crippen LogP contribution in [0.3, 0.4) is 0 Å². The molecule has 5 heteroatoms. The van der Waals surface area contributed by atoms with Gasteiger partial charge in [-0.05, 0) is 31.5 Å². The molecule has 0 saturated carbocycles. The number of aromatic amines is 1. The minimum atomic E-state index is 0.0271. The van der Waals surface area contributed by atoms with Gasteiger partial charge in [-0.25, -0.2) is 4.98 Å². The number of hydrogen-bond acceptors (Lipinski definition) is 3. The number of nitrogens with zero attached hydrogens (tertiary/aromatic N) is 1. The molecule has 0 bridgehead atoms. The second-order valence-electron chi connectivity index (χ2n) is 4.32. The summed E-state index contributed by atoms with van der Waals surface area (Å²) >= 11 is 3.49. The molecule has 0 aliphatic rings. The molecular weight excluding hydrogens is 294 g/mol. The molecule has 98 valence electrons. The van der Waals surface area contributed by atoms with E-state index in [4.69, 9.17) is 10.5 Å². The van der Waals surface area contributed by atoms with Crippen LogP contribution in [-0.2, 0) is 11.2 Å². The van der Waals surface area contributed by atoms with Crippen molar-refractivity contribution >= 4 is 27.0 Å². The smallest absolute Gasteiger partial charge is 0.109 e. The maximum Gasteiger partial charge on any atom is 0.109 e. The van der Waals surface area contributed by atoms with Gasteiger partial charge in [0.05, 0.1) is 17.1 Å². The topological polar surface area (TPSA) is 63.9 Å². The molecule has 0 aliphatic heterocycles. The Labute approximate surface area is 115 Å². The van der Waals surface area contributed by atoms with Crippen LogP contribution in [0.25, 0.3) is 11.0 Å². The summed E-state index contributed by atoms with van der Waals surface area (Å²) in [5.41, 5.74) is 8.90. The summed E-state index contributed by atoms with van der Waals surface area (Å²) < 4.78 is 6.61. The summed E-state index contributed by atoms with van der Waals surface area (Å²) in [7, 11) is 0. The van der Waals surface area contributed by atoms with E-state index in [0.29, 0.717) is 13.2 Å². The fourth-order valence-corrected chi connectivity index (χ4v) is 2.63. The maximum atomic E-state index is 5.68. The number of hydrogen-bond donors (Lipinski definition) is 2. The van der Waals surface area contributed by atoms with Gasteiger partial charge in [-0.1, -0.05) is 15.9 Å². The van der Waals surface area contributed by atoms with Crippen LogP contribution in [0.5, 0.6) is 0 Å². The summed E-state index contributed by atoms with van der Waals surface area (Å²) in [6.45, 7) is 5.21. The van der Waals surface area contributed by atoms with Crippen LogP contribution in [-0.4, -0.2) is 29.2 Å². The fourth-order valence-electron chi connectivity index (χ4n) is 2.06. The third kappa shape index (κ3) is 2.91. The number of nitrogens with one attached hydrogen (secondary N) is 1. The Balaban J connectivity index is 2.27. The van der Waals surface area contributed by atoms with Crippen molar-refractivity contribution in [2.75, 3.05) is 13.2 Å². The molecule has 0 radical (unpaired) electrons. The Morgan fingerprint density at radius 3 is 2.94 bits per heavy atom. The average Bonchev–Trinajstić information content (AvgIpc) is 2.71. The van der Waals surface area contributed by atoms with Gasteiger partial charge < -0.3 is 15.5 Å². The number of benzene rings is 1. The van der Waals surface area contributed by atoms with Crippen LogP contribution in [0, 0.1) is 6.92 Å². The standard InChI is InChI=1S/C13H18BrN3O/c1-3-18-10(7-15)6-12-16-11-5-9(14)4-8(2)13(11)17-12/h4-5,10H,3,6-7,15H2,1-2H3,(H,16,17). The molecule has 1 aromatic heterocycles. The zero-order chi connectivity index (χ0) is 13.1. The van der Waals surface area contributed by atoms with Crippen molar-refractivity contribution < 1.29 is 4.74 Å². The third-order valence-corrected chi connectivity index (χ3v) is 3.34. The SMILES string of the molecule is CCOC(CN)Cc1nc2c(C)cc(Br)cc2[nH]1. The van der Waals surface area contributed by atoms with Gasteiger partial charge in [0.15, 0.2) is 0 Å². The zero-order valence-electron chi connectivity index (χ0n) is 10.7. The summed E-state index contributed by atoms with van der Waals surface area (Å²) in [5, 5.41) is 0.